The van der Waals surface area contributed by atoms with Crippen molar-refractivity contribution in [1.82, 2.24) is 10.2 Å². The molecule has 0 radical (unpaired) electrons. The zero-order valence-corrected chi connectivity index (χ0v) is 19.3. The fourth-order valence-electron chi connectivity index (χ4n) is 5.85. The Kier molecular flexibility index (Phi) is 5.48. The number of aryl methyl sites for hydroxylation is 1. The highest BCUT2D eigenvalue weighted by molar-refractivity contribution is 5.70. The monoisotopic (exact) mass is 436 g/mol. The summed E-state index contributed by atoms with van der Waals surface area (Å²) >= 11 is 0. The third-order valence-electron chi connectivity index (χ3n) is 7.77. The van der Waals surface area contributed by atoms with Crippen molar-refractivity contribution in [1.29, 1.82) is 0 Å². The molecule has 6 rings (SSSR count). The molecule has 3 fully saturated rings. The number of carbonyl (C=O) groups excluding carboxylic acids is 1. The van der Waals surface area contributed by atoms with Crippen LogP contribution in [0.5, 0.6) is 0 Å². The van der Waals surface area contributed by atoms with Crippen LogP contribution in [0.4, 0.5) is 9.18 Å². The number of nitrogens with zero attached hydrogens (tertiary/aromatic N) is 1. The SMILES string of the molecule is CCc1ccc(-c2ccc3c(c2)CC(C)(C)[C@H]3NC(=O)O[C@@H]2CN3CCC2CC3)cc1F. The van der Waals surface area contributed by atoms with E-state index >= 15 is 0 Å². The van der Waals surface area contributed by atoms with Crippen LogP contribution in [0.1, 0.15) is 56.3 Å². The van der Waals surface area contributed by atoms with Crippen LogP contribution in [0.15, 0.2) is 36.4 Å². The minimum absolute atomic E-state index is 0.00449. The molecule has 170 valence electrons. The number of halogens is 1. The van der Waals surface area contributed by atoms with Crippen molar-refractivity contribution in [2.24, 2.45) is 11.3 Å². The van der Waals surface area contributed by atoms with Gasteiger partial charge in [-0.25, -0.2) is 9.18 Å². The molecule has 0 spiro atoms. The minimum Gasteiger partial charge on any atom is -0.445 e. The summed E-state index contributed by atoms with van der Waals surface area (Å²) < 4.78 is 20.2. The number of ether oxygens (including phenoxy) is 1. The molecule has 3 aliphatic heterocycles. The first-order chi connectivity index (χ1) is 15.3. The molecule has 1 aliphatic carbocycles. The van der Waals surface area contributed by atoms with E-state index in [1.807, 2.05) is 25.1 Å². The quantitative estimate of drug-likeness (QED) is 0.688. The highest BCUT2D eigenvalue weighted by Crippen LogP contribution is 2.46. The summed E-state index contributed by atoms with van der Waals surface area (Å²) in [5.41, 5.74) is 4.86. The summed E-state index contributed by atoms with van der Waals surface area (Å²) in [5.74, 6) is 0.345. The lowest BCUT2D eigenvalue weighted by Gasteiger charge is -2.44. The Morgan fingerprint density at radius 2 is 1.88 bits per heavy atom. The average Bonchev–Trinajstić information content (AvgIpc) is 3.03. The molecule has 2 bridgehead atoms. The van der Waals surface area contributed by atoms with Crippen LogP contribution in [0, 0.1) is 17.2 Å². The number of nitrogens with one attached hydrogen (secondary N) is 1. The summed E-state index contributed by atoms with van der Waals surface area (Å²) in [6.45, 7) is 9.44. The fraction of sp³-hybridized carbons (Fsp3) is 0.519. The van der Waals surface area contributed by atoms with Crippen LogP contribution in [0.3, 0.4) is 0 Å². The van der Waals surface area contributed by atoms with E-state index in [4.69, 9.17) is 4.74 Å². The van der Waals surface area contributed by atoms with E-state index in [0.29, 0.717) is 12.3 Å². The first-order valence-corrected chi connectivity index (χ1v) is 11.9. The Bertz CT molecular complexity index is 1030. The predicted molar refractivity (Wildman–Crippen MR) is 124 cm³/mol. The topological polar surface area (TPSA) is 41.6 Å². The van der Waals surface area contributed by atoms with E-state index in [9.17, 15) is 9.18 Å². The lowest BCUT2D eigenvalue weighted by molar-refractivity contribution is -0.0348. The van der Waals surface area contributed by atoms with Crippen molar-refractivity contribution in [3.05, 3.63) is 58.9 Å². The fourth-order valence-corrected chi connectivity index (χ4v) is 5.85. The summed E-state index contributed by atoms with van der Waals surface area (Å²) in [6, 6.07) is 11.7. The van der Waals surface area contributed by atoms with Gasteiger partial charge in [0.1, 0.15) is 11.9 Å². The van der Waals surface area contributed by atoms with E-state index in [2.05, 4.69) is 36.2 Å². The van der Waals surface area contributed by atoms with Gasteiger partial charge in [-0.15, -0.1) is 0 Å². The maximum absolute atomic E-state index is 14.3. The van der Waals surface area contributed by atoms with E-state index < -0.39 is 0 Å². The van der Waals surface area contributed by atoms with Crippen molar-refractivity contribution in [2.75, 3.05) is 19.6 Å². The third-order valence-corrected chi connectivity index (χ3v) is 7.77. The molecule has 2 aromatic carbocycles. The second kappa shape index (κ2) is 8.18. The summed E-state index contributed by atoms with van der Waals surface area (Å²) in [6.07, 6.45) is 3.49. The molecule has 0 unspecified atom stereocenters. The number of hydrogen-bond acceptors (Lipinski definition) is 3. The second-order valence-corrected chi connectivity index (χ2v) is 10.4. The number of piperidine rings is 3. The Morgan fingerprint density at radius 1 is 1.16 bits per heavy atom. The third kappa shape index (κ3) is 3.92. The summed E-state index contributed by atoms with van der Waals surface area (Å²) in [4.78, 5) is 15.2. The molecule has 4 aliphatic rings. The predicted octanol–water partition coefficient (Wildman–Crippen LogP) is 5.50. The number of benzene rings is 2. The number of carbonyl (C=O) groups is 1. The van der Waals surface area contributed by atoms with Crippen LogP contribution >= 0.6 is 0 Å². The molecule has 0 saturated carbocycles. The Hall–Kier alpha value is -2.40. The highest BCUT2D eigenvalue weighted by Gasteiger charge is 2.42. The van der Waals surface area contributed by atoms with Crippen molar-refractivity contribution in [2.45, 2.75) is 58.6 Å². The Balaban J connectivity index is 1.33. The van der Waals surface area contributed by atoms with Gasteiger partial charge in [-0.1, -0.05) is 51.1 Å². The van der Waals surface area contributed by atoms with Gasteiger partial charge in [0.25, 0.3) is 0 Å². The van der Waals surface area contributed by atoms with Crippen molar-refractivity contribution >= 4 is 6.09 Å². The largest absolute Gasteiger partial charge is 0.445 e. The summed E-state index contributed by atoms with van der Waals surface area (Å²) in [7, 11) is 0. The maximum Gasteiger partial charge on any atom is 0.407 e. The number of rotatable bonds is 4. The zero-order valence-electron chi connectivity index (χ0n) is 19.3. The molecular formula is C27H33FN2O2. The van der Waals surface area contributed by atoms with E-state index in [0.717, 1.165) is 61.2 Å². The smallest absolute Gasteiger partial charge is 0.407 e. The van der Waals surface area contributed by atoms with E-state index in [1.165, 1.54) is 5.56 Å². The molecule has 2 atom stereocenters. The Labute approximate surface area is 190 Å². The van der Waals surface area contributed by atoms with Crippen molar-refractivity contribution in [3.8, 4) is 11.1 Å². The van der Waals surface area contributed by atoms with E-state index in [-0.39, 0.29) is 29.5 Å². The second-order valence-electron chi connectivity index (χ2n) is 10.4. The number of fused-ring (bicyclic) bond motifs is 4. The van der Waals surface area contributed by atoms with Gasteiger partial charge in [0.05, 0.1) is 6.04 Å². The highest BCUT2D eigenvalue weighted by atomic mass is 19.1. The number of hydrogen-bond donors (Lipinski definition) is 1. The lowest BCUT2D eigenvalue weighted by atomic mass is 9.85. The van der Waals surface area contributed by atoms with Crippen LogP contribution < -0.4 is 5.32 Å². The van der Waals surface area contributed by atoms with Gasteiger partial charge >= 0.3 is 6.09 Å². The average molecular weight is 437 g/mol. The maximum atomic E-state index is 14.3. The zero-order chi connectivity index (χ0) is 22.5. The lowest BCUT2D eigenvalue weighted by Crippen LogP contribution is -2.53. The summed E-state index contributed by atoms with van der Waals surface area (Å²) in [5, 5.41) is 3.18. The molecule has 3 heterocycles. The number of amides is 1. The first-order valence-electron chi connectivity index (χ1n) is 11.9. The standard InChI is InChI=1S/C27H33FN2O2/c1-4-17-5-6-20(14-23(17)28)19-7-8-22-21(13-19)15-27(2,3)25(22)29-26(31)32-24-16-30-11-9-18(24)10-12-30/h5-8,13-14,18,24-25H,4,9-12,15-16H2,1-3H3,(H,29,31)/t24-,25+/m1/s1. The minimum atomic E-state index is -0.309. The molecule has 5 heteroatoms. The molecular weight excluding hydrogens is 403 g/mol. The number of alkyl carbamates (subject to hydrolysis) is 1. The van der Waals surface area contributed by atoms with Gasteiger partial charge in [-0.2, -0.15) is 0 Å². The molecule has 3 saturated heterocycles. The molecule has 0 aromatic heterocycles. The molecule has 2 aromatic rings. The van der Waals surface area contributed by atoms with Crippen LogP contribution in [-0.4, -0.2) is 36.7 Å². The van der Waals surface area contributed by atoms with Gasteiger partial charge in [0.2, 0.25) is 0 Å². The molecule has 32 heavy (non-hydrogen) atoms. The first kappa shape index (κ1) is 21.4. The molecule has 1 N–H and O–H groups in total. The van der Waals surface area contributed by atoms with Crippen LogP contribution in [-0.2, 0) is 17.6 Å². The van der Waals surface area contributed by atoms with Crippen LogP contribution in [0.25, 0.3) is 11.1 Å². The van der Waals surface area contributed by atoms with Gasteiger partial charge in [-0.05, 0) is 84.0 Å². The van der Waals surface area contributed by atoms with Crippen molar-refractivity contribution < 1.29 is 13.9 Å². The van der Waals surface area contributed by atoms with Crippen molar-refractivity contribution in [3.63, 3.8) is 0 Å². The Morgan fingerprint density at radius 3 is 2.53 bits per heavy atom. The van der Waals surface area contributed by atoms with Gasteiger partial charge < -0.3 is 10.1 Å². The molecule has 1 amide bonds. The van der Waals surface area contributed by atoms with Gasteiger partial charge in [0.15, 0.2) is 0 Å². The van der Waals surface area contributed by atoms with Gasteiger partial charge in [0, 0.05) is 6.54 Å². The van der Waals surface area contributed by atoms with Gasteiger partial charge in [-0.3, -0.25) is 4.90 Å². The van der Waals surface area contributed by atoms with Crippen LogP contribution in [0.2, 0.25) is 0 Å². The normalized spacial score (nSPS) is 27.8. The van der Waals surface area contributed by atoms with E-state index in [1.54, 1.807) is 6.07 Å². The molecule has 4 nitrogen and oxygen atoms in total.